The number of para-hydroxylation sites is 2. The molecule has 1 saturated heterocycles. The summed E-state index contributed by atoms with van der Waals surface area (Å²) in [6, 6.07) is 17.9. The van der Waals surface area contributed by atoms with Gasteiger partial charge in [-0.05, 0) is 37.1 Å². The summed E-state index contributed by atoms with van der Waals surface area (Å²) >= 11 is 0. The normalized spacial score (nSPS) is 20.5. The standard InChI is InChI=1S/C21H19N5/c22-11-14-4-3-5-15(10-14)19-20(25-17-7-2-1-6-16(17)24-19)26-12-18(23)21(13-26)8-9-21/h1-7,10,18H,8-9,12-13,23H2. The second-order valence-corrected chi connectivity index (χ2v) is 7.43. The van der Waals surface area contributed by atoms with Crippen molar-refractivity contribution in [1.82, 2.24) is 9.97 Å². The molecule has 0 bridgehead atoms. The molecule has 1 saturated carbocycles. The van der Waals surface area contributed by atoms with Gasteiger partial charge in [0.1, 0.15) is 5.69 Å². The molecule has 128 valence electrons. The first kappa shape index (κ1) is 15.3. The van der Waals surface area contributed by atoms with Gasteiger partial charge in [-0.15, -0.1) is 0 Å². The van der Waals surface area contributed by atoms with E-state index in [1.807, 2.05) is 48.5 Å². The molecule has 1 unspecified atom stereocenters. The Bertz CT molecular complexity index is 1050. The lowest BCUT2D eigenvalue weighted by Crippen LogP contribution is -2.30. The number of hydrogen-bond acceptors (Lipinski definition) is 5. The minimum absolute atomic E-state index is 0.189. The van der Waals surface area contributed by atoms with Gasteiger partial charge < -0.3 is 10.6 Å². The van der Waals surface area contributed by atoms with Crippen molar-refractivity contribution in [3.8, 4) is 17.3 Å². The molecule has 5 heteroatoms. The summed E-state index contributed by atoms with van der Waals surface area (Å²) in [6.07, 6.45) is 2.40. The first-order valence-electron chi connectivity index (χ1n) is 8.96. The number of nitriles is 1. The number of fused-ring (bicyclic) bond motifs is 1. The minimum atomic E-state index is 0.189. The zero-order valence-corrected chi connectivity index (χ0v) is 14.4. The van der Waals surface area contributed by atoms with Gasteiger partial charge in [0.15, 0.2) is 5.82 Å². The van der Waals surface area contributed by atoms with Gasteiger partial charge in [0.25, 0.3) is 0 Å². The predicted molar refractivity (Wildman–Crippen MR) is 102 cm³/mol. The fourth-order valence-electron chi connectivity index (χ4n) is 3.98. The highest BCUT2D eigenvalue weighted by Gasteiger charge is 2.54. The summed E-state index contributed by atoms with van der Waals surface area (Å²) in [5.41, 5.74) is 10.8. The van der Waals surface area contributed by atoms with E-state index in [1.54, 1.807) is 0 Å². The van der Waals surface area contributed by atoms with Crippen LogP contribution in [0, 0.1) is 16.7 Å². The molecular formula is C21H19N5. The fourth-order valence-corrected chi connectivity index (χ4v) is 3.98. The van der Waals surface area contributed by atoms with Crippen LogP contribution in [0.2, 0.25) is 0 Å². The summed E-state index contributed by atoms with van der Waals surface area (Å²) in [6.45, 7) is 1.74. The largest absolute Gasteiger partial charge is 0.353 e. The molecule has 1 atom stereocenters. The molecule has 2 aliphatic rings. The zero-order valence-electron chi connectivity index (χ0n) is 14.4. The highest BCUT2D eigenvalue weighted by Crippen LogP contribution is 2.53. The summed E-state index contributed by atoms with van der Waals surface area (Å²) in [4.78, 5) is 12.1. The summed E-state index contributed by atoms with van der Waals surface area (Å²) < 4.78 is 0. The molecule has 2 N–H and O–H groups in total. The van der Waals surface area contributed by atoms with Crippen LogP contribution in [0.4, 0.5) is 5.82 Å². The van der Waals surface area contributed by atoms with Gasteiger partial charge in [0.2, 0.25) is 0 Å². The van der Waals surface area contributed by atoms with E-state index in [0.717, 1.165) is 41.2 Å². The Kier molecular flexibility index (Phi) is 3.25. The van der Waals surface area contributed by atoms with Crippen LogP contribution in [0.3, 0.4) is 0 Å². The second-order valence-electron chi connectivity index (χ2n) is 7.43. The average molecular weight is 341 g/mol. The fraction of sp³-hybridized carbons (Fsp3) is 0.286. The predicted octanol–water partition coefficient (Wildman–Crippen LogP) is 3.10. The number of aromatic nitrogens is 2. The van der Waals surface area contributed by atoms with Crippen molar-refractivity contribution in [3.63, 3.8) is 0 Å². The Morgan fingerprint density at radius 1 is 1.08 bits per heavy atom. The van der Waals surface area contributed by atoms with Crippen LogP contribution in [0.25, 0.3) is 22.3 Å². The Morgan fingerprint density at radius 3 is 2.54 bits per heavy atom. The van der Waals surface area contributed by atoms with Crippen molar-refractivity contribution in [1.29, 1.82) is 5.26 Å². The first-order chi connectivity index (χ1) is 12.7. The quantitative estimate of drug-likeness (QED) is 0.775. The molecule has 2 fully saturated rings. The van der Waals surface area contributed by atoms with Gasteiger partial charge >= 0.3 is 0 Å². The summed E-state index contributed by atoms with van der Waals surface area (Å²) in [5, 5.41) is 9.26. The summed E-state index contributed by atoms with van der Waals surface area (Å²) in [5.74, 6) is 0.873. The van der Waals surface area contributed by atoms with E-state index in [0.29, 0.717) is 5.56 Å². The lowest BCUT2D eigenvalue weighted by atomic mass is 10.0. The van der Waals surface area contributed by atoms with Crippen molar-refractivity contribution in [3.05, 3.63) is 54.1 Å². The van der Waals surface area contributed by atoms with E-state index in [2.05, 4.69) is 11.0 Å². The molecule has 1 spiro atoms. The van der Waals surface area contributed by atoms with Crippen molar-refractivity contribution >= 4 is 16.9 Å². The molecule has 2 heterocycles. The van der Waals surface area contributed by atoms with Gasteiger partial charge in [-0.3, -0.25) is 0 Å². The molecule has 1 aliphatic heterocycles. The molecule has 0 amide bonds. The Balaban J connectivity index is 1.69. The summed E-state index contributed by atoms with van der Waals surface area (Å²) in [7, 11) is 0. The minimum Gasteiger partial charge on any atom is -0.353 e. The maximum atomic E-state index is 9.26. The first-order valence-corrected chi connectivity index (χ1v) is 8.96. The van der Waals surface area contributed by atoms with Crippen LogP contribution in [-0.2, 0) is 0 Å². The third kappa shape index (κ3) is 2.34. The van der Waals surface area contributed by atoms with Crippen LogP contribution in [-0.4, -0.2) is 29.1 Å². The zero-order chi connectivity index (χ0) is 17.7. The average Bonchev–Trinajstić information content (AvgIpc) is 3.39. The van der Waals surface area contributed by atoms with Gasteiger partial charge in [-0.2, -0.15) is 5.26 Å². The number of anilines is 1. The molecular weight excluding hydrogens is 322 g/mol. The Labute approximate surface area is 152 Å². The topological polar surface area (TPSA) is 78.8 Å². The molecule has 2 aromatic carbocycles. The Morgan fingerprint density at radius 2 is 1.85 bits per heavy atom. The number of benzene rings is 2. The molecule has 1 aromatic heterocycles. The number of rotatable bonds is 2. The number of hydrogen-bond donors (Lipinski definition) is 1. The molecule has 0 radical (unpaired) electrons. The van der Waals surface area contributed by atoms with E-state index in [9.17, 15) is 5.26 Å². The van der Waals surface area contributed by atoms with E-state index in [1.165, 1.54) is 12.8 Å². The molecule has 5 nitrogen and oxygen atoms in total. The van der Waals surface area contributed by atoms with Gasteiger partial charge in [0.05, 0.1) is 22.7 Å². The van der Waals surface area contributed by atoms with E-state index >= 15 is 0 Å². The number of nitrogens with zero attached hydrogens (tertiary/aromatic N) is 4. The Hall–Kier alpha value is -2.97. The molecule has 1 aliphatic carbocycles. The number of nitrogens with two attached hydrogens (primary N) is 1. The third-order valence-electron chi connectivity index (χ3n) is 5.72. The van der Waals surface area contributed by atoms with Gasteiger partial charge in [-0.25, -0.2) is 9.97 Å². The van der Waals surface area contributed by atoms with E-state index in [-0.39, 0.29) is 11.5 Å². The van der Waals surface area contributed by atoms with Crippen LogP contribution in [0.1, 0.15) is 18.4 Å². The highest BCUT2D eigenvalue weighted by molar-refractivity contribution is 5.84. The van der Waals surface area contributed by atoms with Crippen molar-refractivity contribution < 1.29 is 0 Å². The smallest absolute Gasteiger partial charge is 0.156 e. The van der Waals surface area contributed by atoms with Gasteiger partial charge in [-0.1, -0.05) is 24.3 Å². The lowest BCUT2D eigenvalue weighted by Gasteiger charge is -2.21. The maximum Gasteiger partial charge on any atom is 0.156 e. The maximum absolute atomic E-state index is 9.26. The van der Waals surface area contributed by atoms with E-state index < -0.39 is 0 Å². The lowest BCUT2D eigenvalue weighted by molar-refractivity contribution is 0.499. The third-order valence-corrected chi connectivity index (χ3v) is 5.72. The van der Waals surface area contributed by atoms with Crippen molar-refractivity contribution in [2.24, 2.45) is 11.1 Å². The van der Waals surface area contributed by atoms with Crippen LogP contribution >= 0.6 is 0 Å². The van der Waals surface area contributed by atoms with Gasteiger partial charge in [0, 0.05) is 30.1 Å². The highest BCUT2D eigenvalue weighted by atomic mass is 15.3. The van der Waals surface area contributed by atoms with Crippen LogP contribution in [0.15, 0.2) is 48.5 Å². The van der Waals surface area contributed by atoms with Crippen LogP contribution in [0.5, 0.6) is 0 Å². The van der Waals surface area contributed by atoms with Crippen molar-refractivity contribution in [2.75, 3.05) is 18.0 Å². The van der Waals surface area contributed by atoms with Crippen LogP contribution < -0.4 is 10.6 Å². The second kappa shape index (κ2) is 5.52. The SMILES string of the molecule is N#Cc1cccc(-c2nc3ccccc3nc2N2CC(N)C3(CC3)C2)c1. The monoisotopic (exact) mass is 341 g/mol. The van der Waals surface area contributed by atoms with Crippen molar-refractivity contribution in [2.45, 2.75) is 18.9 Å². The molecule has 26 heavy (non-hydrogen) atoms. The molecule has 5 rings (SSSR count). The molecule has 3 aromatic rings. The van der Waals surface area contributed by atoms with E-state index in [4.69, 9.17) is 15.7 Å².